The molecular weight excluding hydrogens is 282 g/mol. The molecule has 0 aromatic heterocycles. The summed E-state index contributed by atoms with van der Waals surface area (Å²) in [4.78, 5) is 0. The Morgan fingerprint density at radius 3 is 2.18 bits per heavy atom. The van der Waals surface area contributed by atoms with Gasteiger partial charge in [-0.2, -0.15) is 10.5 Å². The Morgan fingerprint density at radius 2 is 1.68 bits per heavy atom. The molecule has 22 heavy (non-hydrogen) atoms. The minimum absolute atomic E-state index is 0.0654. The largest absolute Gasteiger partial charge is 0.495 e. The first-order valence-corrected chi connectivity index (χ1v) is 6.87. The molecule has 6 heteroatoms. The number of allylic oxidation sites excluding steroid dienone is 1. The van der Waals surface area contributed by atoms with Gasteiger partial charge in [0.25, 0.3) is 0 Å². The van der Waals surface area contributed by atoms with E-state index in [0.29, 0.717) is 11.0 Å². The van der Waals surface area contributed by atoms with Crippen LogP contribution in [0.15, 0.2) is 23.8 Å². The molecule has 1 aromatic rings. The van der Waals surface area contributed by atoms with Gasteiger partial charge in [0.15, 0.2) is 0 Å². The van der Waals surface area contributed by atoms with E-state index in [4.69, 9.17) is 19.8 Å². The third-order valence-electron chi connectivity index (χ3n) is 4.10. The highest BCUT2D eigenvalue weighted by atomic mass is 19.1. The summed E-state index contributed by atoms with van der Waals surface area (Å²) in [6.07, 6.45) is 1.40. The molecule has 0 amide bonds. The van der Waals surface area contributed by atoms with Crippen LogP contribution >= 0.6 is 0 Å². The molecule has 0 spiro atoms. The lowest BCUT2D eigenvalue weighted by Crippen LogP contribution is -2.41. The zero-order valence-electron chi connectivity index (χ0n) is 13.0. The predicted molar refractivity (Wildman–Crippen MR) is 81.3 cm³/mol. The summed E-state index contributed by atoms with van der Waals surface area (Å²) < 4.78 is 25.4. The van der Waals surface area contributed by atoms with Crippen LogP contribution in [-0.4, -0.2) is 18.3 Å². The maximum Gasteiger partial charge on any atom is 0.495 e. The van der Waals surface area contributed by atoms with Crippen LogP contribution in [0.4, 0.5) is 4.39 Å². The van der Waals surface area contributed by atoms with Gasteiger partial charge in [0, 0.05) is 0 Å². The van der Waals surface area contributed by atoms with Crippen molar-refractivity contribution in [3.8, 4) is 12.1 Å². The Labute approximate surface area is 129 Å². The first kappa shape index (κ1) is 16.2. The Bertz CT molecular complexity index is 682. The molecule has 1 saturated heterocycles. The summed E-state index contributed by atoms with van der Waals surface area (Å²) in [7, 11) is -0.759. The van der Waals surface area contributed by atoms with E-state index in [-0.39, 0.29) is 5.57 Å². The number of nitrogens with zero attached hydrogens (tertiary/aromatic N) is 2. The molecule has 0 aliphatic carbocycles. The minimum Gasteiger partial charge on any atom is -0.399 e. The van der Waals surface area contributed by atoms with Gasteiger partial charge in [-0.25, -0.2) is 4.39 Å². The van der Waals surface area contributed by atoms with E-state index in [9.17, 15) is 4.39 Å². The van der Waals surface area contributed by atoms with Gasteiger partial charge in [-0.3, -0.25) is 0 Å². The second-order valence-corrected chi connectivity index (χ2v) is 6.14. The molecular formula is C16H16BFN2O2. The fraction of sp³-hybridized carbons (Fsp3) is 0.375. The lowest BCUT2D eigenvalue weighted by molar-refractivity contribution is 0.00578. The second-order valence-electron chi connectivity index (χ2n) is 6.14. The molecule has 1 aromatic carbocycles. The Balaban J connectivity index is 2.49. The fourth-order valence-electron chi connectivity index (χ4n) is 2.10. The maximum atomic E-state index is 13.6. The van der Waals surface area contributed by atoms with Crippen molar-refractivity contribution in [1.82, 2.24) is 0 Å². The lowest BCUT2D eigenvalue weighted by Gasteiger charge is -2.32. The van der Waals surface area contributed by atoms with Gasteiger partial charge in [0.1, 0.15) is 23.5 Å². The maximum absolute atomic E-state index is 13.6. The zero-order chi connectivity index (χ0) is 16.5. The monoisotopic (exact) mass is 298 g/mol. The minimum atomic E-state index is -0.759. The molecule has 0 bridgehead atoms. The zero-order valence-corrected chi connectivity index (χ0v) is 13.0. The van der Waals surface area contributed by atoms with E-state index in [1.807, 2.05) is 27.7 Å². The van der Waals surface area contributed by atoms with Crippen LogP contribution in [0, 0.1) is 28.5 Å². The Hall–Kier alpha value is -2.15. The number of nitriles is 2. The lowest BCUT2D eigenvalue weighted by atomic mass is 9.75. The van der Waals surface area contributed by atoms with E-state index < -0.39 is 24.1 Å². The molecule has 112 valence electrons. The van der Waals surface area contributed by atoms with Crippen LogP contribution in [-0.2, 0) is 9.31 Å². The topological polar surface area (TPSA) is 66.0 Å². The highest BCUT2D eigenvalue weighted by Crippen LogP contribution is 2.36. The van der Waals surface area contributed by atoms with Crippen molar-refractivity contribution in [3.63, 3.8) is 0 Å². The highest BCUT2D eigenvalue weighted by molar-refractivity contribution is 6.63. The summed E-state index contributed by atoms with van der Waals surface area (Å²) >= 11 is 0. The van der Waals surface area contributed by atoms with Crippen LogP contribution < -0.4 is 5.46 Å². The van der Waals surface area contributed by atoms with E-state index in [0.717, 1.165) is 0 Å². The molecule has 0 N–H and O–H groups in total. The van der Waals surface area contributed by atoms with Crippen LogP contribution in [0.25, 0.3) is 6.08 Å². The van der Waals surface area contributed by atoms with E-state index >= 15 is 0 Å². The highest BCUT2D eigenvalue weighted by Gasteiger charge is 2.52. The van der Waals surface area contributed by atoms with Crippen LogP contribution in [0.2, 0.25) is 0 Å². The van der Waals surface area contributed by atoms with Crippen molar-refractivity contribution < 1.29 is 13.7 Å². The number of hydrogen-bond acceptors (Lipinski definition) is 4. The number of hydrogen-bond donors (Lipinski definition) is 0. The predicted octanol–water partition coefficient (Wildman–Crippen LogP) is 2.56. The van der Waals surface area contributed by atoms with Crippen LogP contribution in [0.5, 0.6) is 0 Å². The number of halogens is 1. The normalized spacial score (nSPS) is 18.4. The Morgan fingerprint density at radius 1 is 1.14 bits per heavy atom. The summed E-state index contributed by atoms with van der Waals surface area (Å²) in [5.74, 6) is -0.433. The van der Waals surface area contributed by atoms with Gasteiger partial charge in [-0.05, 0) is 56.9 Å². The van der Waals surface area contributed by atoms with Gasteiger partial charge in [0.05, 0.1) is 11.2 Å². The molecule has 1 aliphatic rings. The number of benzene rings is 1. The van der Waals surface area contributed by atoms with Crippen molar-refractivity contribution in [2.75, 3.05) is 0 Å². The van der Waals surface area contributed by atoms with Crippen molar-refractivity contribution in [2.24, 2.45) is 0 Å². The first-order valence-electron chi connectivity index (χ1n) is 6.87. The summed E-state index contributed by atoms with van der Waals surface area (Å²) in [6, 6.07) is 7.66. The van der Waals surface area contributed by atoms with E-state index in [1.165, 1.54) is 24.3 Å². The third-order valence-corrected chi connectivity index (χ3v) is 4.10. The quantitative estimate of drug-likeness (QED) is 0.621. The summed E-state index contributed by atoms with van der Waals surface area (Å²) in [6.45, 7) is 7.60. The second kappa shape index (κ2) is 5.57. The van der Waals surface area contributed by atoms with Crippen LogP contribution in [0.3, 0.4) is 0 Å². The van der Waals surface area contributed by atoms with E-state index in [1.54, 1.807) is 12.1 Å². The molecule has 0 unspecified atom stereocenters. The molecule has 0 radical (unpaired) electrons. The van der Waals surface area contributed by atoms with Gasteiger partial charge in [0.2, 0.25) is 0 Å². The molecule has 2 rings (SSSR count). The average Bonchev–Trinajstić information content (AvgIpc) is 2.66. The van der Waals surface area contributed by atoms with Gasteiger partial charge >= 0.3 is 7.12 Å². The molecule has 1 fully saturated rings. The molecule has 0 saturated carbocycles. The summed E-state index contributed by atoms with van der Waals surface area (Å²) in [5.41, 5.74) is -0.194. The van der Waals surface area contributed by atoms with Crippen molar-refractivity contribution in [1.29, 1.82) is 10.5 Å². The molecule has 0 atom stereocenters. The van der Waals surface area contributed by atoms with Gasteiger partial charge < -0.3 is 9.31 Å². The standard InChI is InChI=1S/C16H16BFN2O2/c1-15(2)16(3,4)22-17(21-15)14-8-13(18)6-5-12(14)7-11(9-19)10-20/h5-8H,1-4H3. The summed E-state index contributed by atoms with van der Waals surface area (Å²) in [5, 5.41) is 17.8. The fourth-order valence-corrected chi connectivity index (χ4v) is 2.10. The Kier molecular flexibility index (Phi) is 4.11. The van der Waals surface area contributed by atoms with Crippen molar-refractivity contribution in [2.45, 2.75) is 38.9 Å². The van der Waals surface area contributed by atoms with E-state index in [2.05, 4.69) is 0 Å². The van der Waals surface area contributed by atoms with Crippen LogP contribution in [0.1, 0.15) is 33.3 Å². The smallest absolute Gasteiger partial charge is 0.399 e. The van der Waals surface area contributed by atoms with Gasteiger partial charge in [-0.15, -0.1) is 0 Å². The SMILES string of the molecule is CC1(C)OB(c2cc(F)ccc2C=C(C#N)C#N)OC1(C)C. The van der Waals surface area contributed by atoms with Gasteiger partial charge in [-0.1, -0.05) is 6.07 Å². The average molecular weight is 298 g/mol. The first-order chi connectivity index (χ1) is 10.2. The molecule has 1 heterocycles. The number of rotatable bonds is 2. The molecule has 1 aliphatic heterocycles. The van der Waals surface area contributed by atoms with Crippen molar-refractivity contribution in [3.05, 3.63) is 35.2 Å². The third kappa shape index (κ3) is 2.90. The van der Waals surface area contributed by atoms with Crippen molar-refractivity contribution >= 4 is 18.7 Å². The molecule has 4 nitrogen and oxygen atoms in total.